The van der Waals surface area contributed by atoms with Crippen molar-refractivity contribution in [3.63, 3.8) is 0 Å². The Morgan fingerprint density at radius 1 is 0.926 bits per heavy atom. The van der Waals surface area contributed by atoms with E-state index in [0.29, 0.717) is 22.7 Å². The quantitative estimate of drug-likeness (QED) is 0.524. The second-order valence-electron chi connectivity index (χ2n) is 5.84. The number of hydrogen-bond acceptors (Lipinski definition) is 4. The molecule has 27 heavy (non-hydrogen) atoms. The Balaban J connectivity index is 1.80. The molecule has 1 amide bonds. The van der Waals surface area contributed by atoms with Crippen LogP contribution in [0.1, 0.15) is 15.9 Å². The fourth-order valence-corrected chi connectivity index (χ4v) is 2.77. The molecule has 0 saturated heterocycles. The Morgan fingerprint density at radius 3 is 2.30 bits per heavy atom. The third-order valence-electron chi connectivity index (χ3n) is 4.14. The molecule has 0 saturated carbocycles. The summed E-state index contributed by atoms with van der Waals surface area (Å²) in [6, 6.07) is 16.6. The second kappa shape index (κ2) is 8.19. The predicted molar refractivity (Wildman–Crippen MR) is 107 cm³/mol. The normalized spacial score (nSPS) is 10.7. The van der Waals surface area contributed by atoms with E-state index in [9.17, 15) is 9.59 Å². The first kappa shape index (κ1) is 18.2. The number of carbonyl (C=O) groups excluding carboxylic acids is 2. The van der Waals surface area contributed by atoms with Gasteiger partial charge in [0.25, 0.3) is 0 Å². The molecule has 3 aromatic carbocycles. The number of benzene rings is 3. The van der Waals surface area contributed by atoms with Crippen LogP contribution in [0.2, 0.25) is 0 Å². The fourth-order valence-electron chi connectivity index (χ4n) is 2.77. The van der Waals surface area contributed by atoms with Gasteiger partial charge < -0.3 is 14.8 Å². The zero-order valence-corrected chi connectivity index (χ0v) is 15.1. The molecule has 0 bridgehead atoms. The summed E-state index contributed by atoms with van der Waals surface area (Å²) in [5.41, 5.74) is 1.70. The lowest BCUT2D eigenvalue weighted by Crippen LogP contribution is -2.09. The molecular weight excluding hydrogens is 342 g/mol. The van der Waals surface area contributed by atoms with Crippen molar-refractivity contribution >= 4 is 34.7 Å². The van der Waals surface area contributed by atoms with Crippen molar-refractivity contribution in [2.75, 3.05) is 19.5 Å². The number of hydrogen-bond donors (Lipinski definition) is 1. The zero-order valence-electron chi connectivity index (χ0n) is 15.1. The molecule has 1 N–H and O–H groups in total. The van der Waals surface area contributed by atoms with Crippen LogP contribution >= 0.6 is 0 Å². The van der Waals surface area contributed by atoms with Crippen LogP contribution in [0.15, 0.2) is 60.7 Å². The van der Waals surface area contributed by atoms with Crippen LogP contribution in [0.4, 0.5) is 5.69 Å². The number of ether oxygens (including phenoxy) is 2. The summed E-state index contributed by atoms with van der Waals surface area (Å²) < 4.78 is 10.4. The van der Waals surface area contributed by atoms with E-state index < -0.39 is 0 Å². The van der Waals surface area contributed by atoms with Crippen LogP contribution in [0.3, 0.4) is 0 Å². The maximum atomic E-state index is 12.3. The zero-order chi connectivity index (χ0) is 19.2. The van der Waals surface area contributed by atoms with E-state index >= 15 is 0 Å². The highest BCUT2D eigenvalue weighted by molar-refractivity contribution is 6.06. The van der Waals surface area contributed by atoms with E-state index in [1.165, 1.54) is 6.08 Å². The van der Waals surface area contributed by atoms with Crippen LogP contribution in [-0.4, -0.2) is 26.4 Å². The summed E-state index contributed by atoms with van der Waals surface area (Å²) >= 11 is 0. The predicted octanol–water partition coefficient (Wildman–Crippen LogP) is 4.32. The van der Waals surface area contributed by atoms with E-state index in [1.807, 2.05) is 30.3 Å². The minimum absolute atomic E-state index is 0.330. The molecule has 0 aliphatic heterocycles. The molecule has 0 aliphatic carbocycles. The Kier molecular flexibility index (Phi) is 5.52. The molecule has 0 unspecified atom stereocenters. The number of aldehydes is 1. The number of rotatable bonds is 6. The molecule has 0 aliphatic rings. The van der Waals surface area contributed by atoms with Gasteiger partial charge in [0.15, 0.2) is 17.8 Å². The molecule has 3 rings (SSSR count). The first-order valence-corrected chi connectivity index (χ1v) is 8.33. The van der Waals surface area contributed by atoms with Gasteiger partial charge in [0.1, 0.15) is 0 Å². The highest BCUT2D eigenvalue weighted by Gasteiger charge is 2.07. The van der Waals surface area contributed by atoms with E-state index in [-0.39, 0.29) is 5.91 Å². The number of nitrogens with one attached hydrogen (secondary N) is 1. The van der Waals surface area contributed by atoms with Crippen molar-refractivity contribution in [1.29, 1.82) is 0 Å². The first-order valence-electron chi connectivity index (χ1n) is 8.33. The summed E-state index contributed by atoms with van der Waals surface area (Å²) in [6.07, 6.45) is 3.81. The van der Waals surface area contributed by atoms with Crippen molar-refractivity contribution in [3.05, 3.63) is 71.8 Å². The molecule has 0 fully saturated rings. The Labute approximate surface area is 157 Å². The average molecular weight is 361 g/mol. The van der Waals surface area contributed by atoms with E-state index in [1.54, 1.807) is 44.6 Å². The molecule has 0 heterocycles. The number of fused-ring (bicyclic) bond motifs is 1. The van der Waals surface area contributed by atoms with Gasteiger partial charge in [-0.3, -0.25) is 9.59 Å². The third kappa shape index (κ3) is 4.15. The molecule has 5 nitrogen and oxygen atoms in total. The van der Waals surface area contributed by atoms with Crippen molar-refractivity contribution in [2.24, 2.45) is 0 Å². The van der Waals surface area contributed by atoms with Crippen LogP contribution in [0.25, 0.3) is 16.8 Å². The summed E-state index contributed by atoms with van der Waals surface area (Å²) in [5.74, 6) is 0.867. The van der Waals surface area contributed by atoms with E-state index in [0.717, 1.165) is 22.6 Å². The number of carbonyl (C=O) groups is 2. The van der Waals surface area contributed by atoms with Gasteiger partial charge in [-0.05, 0) is 46.7 Å². The lowest BCUT2D eigenvalue weighted by Gasteiger charge is -2.09. The molecule has 0 aromatic heterocycles. The van der Waals surface area contributed by atoms with Gasteiger partial charge in [-0.15, -0.1) is 0 Å². The summed E-state index contributed by atoms with van der Waals surface area (Å²) in [6.45, 7) is 0. The third-order valence-corrected chi connectivity index (χ3v) is 4.14. The Morgan fingerprint density at radius 2 is 1.63 bits per heavy atom. The largest absolute Gasteiger partial charge is 0.493 e. The summed E-state index contributed by atoms with van der Waals surface area (Å²) in [5, 5.41) is 4.65. The van der Waals surface area contributed by atoms with Gasteiger partial charge in [-0.25, -0.2) is 0 Å². The number of amides is 1. The van der Waals surface area contributed by atoms with Crippen molar-refractivity contribution in [3.8, 4) is 11.5 Å². The molecule has 0 spiro atoms. The Hall–Kier alpha value is -3.60. The maximum absolute atomic E-state index is 12.3. The fraction of sp³-hybridized carbons (Fsp3) is 0.0909. The van der Waals surface area contributed by atoms with Gasteiger partial charge in [0.2, 0.25) is 5.91 Å². The molecular formula is C22H19NO4. The molecule has 136 valence electrons. The lowest BCUT2D eigenvalue weighted by atomic mass is 10.1. The minimum Gasteiger partial charge on any atom is -0.493 e. The SMILES string of the molecule is COc1ccc(/C=C/C(=O)Nc2cc3ccccc3cc2C=O)cc1OC. The van der Waals surface area contributed by atoms with Gasteiger partial charge in [0, 0.05) is 11.6 Å². The molecule has 3 aromatic rings. The van der Waals surface area contributed by atoms with Crippen molar-refractivity contribution < 1.29 is 19.1 Å². The van der Waals surface area contributed by atoms with Gasteiger partial charge in [-0.1, -0.05) is 30.3 Å². The monoisotopic (exact) mass is 361 g/mol. The van der Waals surface area contributed by atoms with Crippen LogP contribution in [0, 0.1) is 0 Å². The van der Waals surface area contributed by atoms with Crippen molar-refractivity contribution in [1.82, 2.24) is 0 Å². The van der Waals surface area contributed by atoms with Crippen molar-refractivity contribution in [2.45, 2.75) is 0 Å². The number of anilines is 1. The van der Waals surface area contributed by atoms with E-state index in [2.05, 4.69) is 5.32 Å². The average Bonchev–Trinajstić information content (AvgIpc) is 2.71. The van der Waals surface area contributed by atoms with Gasteiger partial charge in [0.05, 0.1) is 19.9 Å². The Bertz CT molecular complexity index is 1020. The van der Waals surface area contributed by atoms with Gasteiger partial charge >= 0.3 is 0 Å². The second-order valence-corrected chi connectivity index (χ2v) is 5.84. The van der Waals surface area contributed by atoms with Crippen LogP contribution in [0.5, 0.6) is 11.5 Å². The summed E-state index contributed by atoms with van der Waals surface area (Å²) in [4.78, 5) is 23.7. The molecule has 0 radical (unpaired) electrons. The lowest BCUT2D eigenvalue weighted by molar-refractivity contribution is -0.111. The maximum Gasteiger partial charge on any atom is 0.248 e. The smallest absolute Gasteiger partial charge is 0.248 e. The highest BCUT2D eigenvalue weighted by Crippen LogP contribution is 2.28. The molecule has 5 heteroatoms. The summed E-state index contributed by atoms with van der Waals surface area (Å²) in [7, 11) is 3.12. The highest BCUT2D eigenvalue weighted by atomic mass is 16.5. The standard InChI is InChI=1S/C22H19NO4/c1-26-20-9-7-15(11-21(20)27-2)8-10-22(25)23-19-13-17-6-4-3-5-16(17)12-18(19)14-24/h3-14H,1-2H3,(H,23,25)/b10-8+. The van der Waals surface area contributed by atoms with Crippen LogP contribution < -0.4 is 14.8 Å². The van der Waals surface area contributed by atoms with Crippen LogP contribution in [-0.2, 0) is 4.79 Å². The van der Waals surface area contributed by atoms with E-state index in [4.69, 9.17) is 9.47 Å². The topological polar surface area (TPSA) is 64.6 Å². The molecule has 0 atom stereocenters. The first-order chi connectivity index (χ1) is 13.1. The van der Waals surface area contributed by atoms with Gasteiger partial charge in [-0.2, -0.15) is 0 Å². The number of methoxy groups -OCH3 is 2. The minimum atomic E-state index is -0.330.